The average Bonchev–Trinajstić information content (AvgIpc) is 3.16. The number of amides is 1. The van der Waals surface area contributed by atoms with E-state index in [0.29, 0.717) is 23.2 Å². The number of halogens is 4. The maximum absolute atomic E-state index is 13.8. The summed E-state index contributed by atoms with van der Waals surface area (Å²) in [6.45, 7) is -0.638. The van der Waals surface area contributed by atoms with Crippen LogP contribution < -0.4 is 5.32 Å². The van der Waals surface area contributed by atoms with Crippen LogP contribution in [0.3, 0.4) is 0 Å². The Morgan fingerprint density at radius 3 is 2.53 bits per heavy atom. The third kappa shape index (κ3) is 5.50. The molecule has 0 aliphatic rings. The van der Waals surface area contributed by atoms with Crippen LogP contribution in [-0.2, 0) is 20.7 Å². The van der Waals surface area contributed by atoms with E-state index in [4.69, 9.17) is 9.15 Å². The van der Waals surface area contributed by atoms with E-state index in [1.165, 1.54) is 6.07 Å². The largest absolute Gasteiger partial charge is 0.461 e. The van der Waals surface area contributed by atoms with Gasteiger partial charge in [0.25, 0.3) is 5.91 Å². The van der Waals surface area contributed by atoms with Crippen LogP contribution in [0.25, 0.3) is 11.3 Å². The lowest BCUT2D eigenvalue weighted by atomic mass is 10.1. The number of rotatable bonds is 7. The zero-order valence-electron chi connectivity index (χ0n) is 15.4. The van der Waals surface area contributed by atoms with Gasteiger partial charge in [-0.2, -0.15) is 0 Å². The SMILES string of the molecule is O=C(COC(=O)CCc1ccc(-c2ccccc2F)o1)Nc1c(F)cc(F)cc1Br. The summed E-state index contributed by atoms with van der Waals surface area (Å²) in [6, 6.07) is 11.0. The molecule has 0 bridgehead atoms. The first-order valence-corrected chi connectivity index (χ1v) is 9.56. The molecule has 0 fully saturated rings. The van der Waals surface area contributed by atoms with Crippen molar-refractivity contribution in [3.05, 3.63) is 76.2 Å². The number of ether oxygens (including phenoxy) is 1. The standard InChI is InChI=1S/C21H15BrF3NO4/c22-15-9-12(23)10-17(25)21(15)26-19(27)11-29-20(28)8-6-13-5-7-18(30-13)14-3-1-2-4-16(14)24/h1-5,7,9-10H,6,8,11H2,(H,26,27). The van der Waals surface area contributed by atoms with Crippen molar-refractivity contribution in [3.63, 3.8) is 0 Å². The fourth-order valence-corrected chi connectivity index (χ4v) is 3.11. The van der Waals surface area contributed by atoms with Crippen LogP contribution in [0.5, 0.6) is 0 Å². The van der Waals surface area contributed by atoms with Crippen molar-refractivity contribution < 1.29 is 31.9 Å². The summed E-state index contributed by atoms with van der Waals surface area (Å²) in [4.78, 5) is 23.7. The molecule has 0 saturated heterocycles. The molecule has 0 aliphatic heterocycles. The third-order valence-corrected chi connectivity index (χ3v) is 4.64. The number of aryl methyl sites for hydroxylation is 1. The summed E-state index contributed by atoms with van der Waals surface area (Å²) >= 11 is 2.94. The van der Waals surface area contributed by atoms with Gasteiger partial charge >= 0.3 is 5.97 Å². The number of furan rings is 1. The minimum atomic E-state index is -0.968. The van der Waals surface area contributed by atoms with E-state index < -0.39 is 35.9 Å². The number of carbonyl (C=O) groups excluding carboxylic acids is 2. The van der Waals surface area contributed by atoms with Crippen LogP contribution in [0.1, 0.15) is 12.2 Å². The molecule has 1 N–H and O–H groups in total. The van der Waals surface area contributed by atoms with Gasteiger partial charge in [0.1, 0.15) is 23.2 Å². The van der Waals surface area contributed by atoms with Gasteiger partial charge in [-0.05, 0) is 46.3 Å². The van der Waals surface area contributed by atoms with Gasteiger partial charge in [-0.3, -0.25) is 9.59 Å². The van der Waals surface area contributed by atoms with Crippen molar-refractivity contribution in [2.75, 3.05) is 11.9 Å². The van der Waals surface area contributed by atoms with E-state index in [0.717, 1.165) is 6.07 Å². The number of hydrogen-bond donors (Lipinski definition) is 1. The first-order valence-electron chi connectivity index (χ1n) is 8.77. The molecule has 1 amide bonds. The fraction of sp³-hybridized carbons (Fsp3) is 0.143. The Balaban J connectivity index is 1.48. The highest BCUT2D eigenvalue weighted by molar-refractivity contribution is 9.10. The maximum atomic E-state index is 13.8. The van der Waals surface area contributed by atoms with E-state index in [1.54, 1.807) is 30.3 Å². The van der Waals surface area contributed by atoms with E-state index >= 15 is 0 Å². The molecule has 3 aromatic rings. The molecule has 0 aliphatic carbocycles. The first-order chi connectivity index (χ1) is 14.3. The lowest BCUT2D eigenvalue weighted by molar-refractivity contribution is -0.147. The van der Waals surface area contributed by atoms with Crippen LogP contribution in [0.2, 0.25) is 0 Å². The third-order valence-electron chi connectivity index (χ3n) is 4.01. The molecule has 9 heteroatoms. The predicted molar refractivity (Wildman–Crippen MR) is 106 cm³/mol. The summed E-state index contributed by atoms with van der Waals surface area (Å²) in [7, 11) is 0. The van der Waals surface area contributed by atoms with Crippen LogP contribution >= 0.6 is 15.9 Å². The molecule has 1 heterocycles. The highest BCUT2D eigenvalue weighted by atomic mass is 79.9. The highest BCUT2D eigenvalue weighted by Gasteiger charge is 2.15. The lowest BCUT2D eigenvalue weighted by Gasteiger charge is -2.09. The van der Waals surface area contributed by atoms with Gasteiger partial charge < -0.3 is 14.5 Å². The van der Waals surface area contributed by atoms with E-state index in [9.17, 15) is 22.8 Å². The van der Waals surface area contributed by atoms with Crippen molar-refractivity contribution in [2.45, 2.75) is 12.8 Å². The normalized spacial score (nSPS) is 10.7. The number of hydrogen-bond acceptors (Lipinski definition) is 4. The Morgan fingerprint density at radius 1 is 1.03 bits per heavy atom. The predicted octanol–water partition coefficient (Wildman–Crippen LogP) is 5.24. The summed E-state index contributed by atoms with van der Waals surface area (Å²) in [5, 5.41) is 2.20. The summed E-state index contributed by atoms with van der Waals surface area (Å²) in [5.41, 5.74) is 0.0518. The van der Waals surface area contributed by atoms with Gasteiger partial charge in [0.15, 0.2) is 12.4 Å². The molecule has 2 aromatic carbocycles. The second-order valence-corrected chi connectivity index (χ2v) is 7.05. The molecule has 0 unspecified atom stereocenters. The molecule has 0 saturated carbocycles. The van der Waals surface area contributed by atoms with Crippen molar-refractivity contribution in [1.82, 2.24) is 0 Å². The lowest BCUT2D eigenvalue weighted by Crippen LogP contribution is -2.21. The zero-order chi connectivity index (χ0) is 21.7. The number of carbonyl (C=O) groups is 2. The van der Waals surface area contributed by atoms with Gasteiger partial charge in [-0.25, -0.2) is 13.2 Å². The molecular weight excluding hydrogens is 467 g/mol. The molecule has 0 atom stereocenters. The molecule has 3 rings (SSSR count). The fourth-order valence-electron chi connectivity index (χ4n) is 2.60. The first kappa shape index (κ1) is 21.6. The summed E-state index contributed by atoms with van der Waals surface area (Å²) < 4.78 is 51.0. The molecular formula is C21H15BrF3NO4. The molecule has 30 heavy (non-hydrogen) atoms. The molecule has 156 valence electrons. The number of benzene rings is 2. The highest BCUT2D eigenvalue weighted by Crippen LogP contribution is 2.27. The minimum absolute atomic E-state index is 0.0168. The number of nitrogens with one attached hydrogen (secondary N) is 1. The molecule has 0 spiro atoms. The number of anilines is 1. The Labute approximate surface area is 178 Å². The van der Waals surface area contributed by atoms with E-state index in [1.807, 2.05) is 0 Å². The molecule has 0 radical (unpaired) electrons. The summed E-state index contributed by atoms with van der Waals surface area (Å²) in [6.07, 6.45) is 0.110. The van der Waals surface area contributed by atoms with Gasteiger partial charge in [-0.15, -0.1) is 0 Å². The summed E-state index contributed by atoms with van der Waals surface area (Å²) in [5.74, 6) is -2.87. The van der Waals surface area contributed by atoms with Gasteiger partial charge in [-0.1, -0.05) is 12.1 Å². The van der Waals surface area contributed by atoms with Crippen LogP contribution in [-0.4, -0.2) is 18.5 Å². The van der Waals surface area contributed by atoms with Crippen molar-refractivity contribution in [2.24, 2.45) is 0 Å². The van der Waals surface area contributed by atoms with Gasteiger partial charge in [0.2, 0.25) is 0 Å². The van der Waals surface area contributed by atoms with Crippen molar-refractivity contribution in [1.29, 1.82) is 0 Å². The van der Waals surface area contributed by atoms with Gasteiger partial charge in [0, 0.05) is 17.0 Å². The Morgan fingerprint density at radius 2 is 1.80 bits per heavy atom. The Hall–Kier alpha value is -3.07. The zero-order valence-corrected chi connectivity index (χ0v) is 17.0. The molecule has 1 aromatic heterocycles. The average molecular weight is 482 g/mol. The van der Waals surface area contributed by atoms with Crippen LogP contribution in [0.4, 0.5) is 18.9 Å². The quantitative estimate of drug-likeness (QED) is 0.468. The van der Waals surface area contributed by atoms with E-state index in [-0.39, 0.29) is 23.0 Å². The topological polar surface area (TPSA) is 68.5 Å². The second kappa shape index (κ2) is 9.62. The minimum Gasteiger partial charge on any atom is -0.461 e. The molecule has 5 nitrogen and oxygen atoms in total. The number of esters is 1. The van der Waals surface area contributed by atoms with Gasteiger partial charge in [0.05, 0.1) is 17.7 Å². The second-order valence-electron chi connectivity index (χ2n) is 6.20. The van der Waals surface area contributed by atoms with Crippen molar-refractivity contribution >= 4 is 33.5 Å². The maximum Gasteiger partial charge on any atom is 0.306 e. The van der Waals surface area contributed by atoms with Crippen LogP contribution in [0.15, 0.2) is 57.4 Å². The monoisotopic (exact) mass is 481 g/mol. The van der Waals surface area contributed by atoms with Crippen molar-refractivity contribution in [3.8, 4) is 11.3 Å². The smallest absolute Gasteiger partial charge is 0.306 e. The Kier molecular flexibility index (Phi) is 6.94. The Bertz CT molecular complexity index is 1060. The van der Waals surface area contributed by atoms with Crippen LogP contribution in [0, 0.1) is 17.5 Å². The van der Waals surface area contributed by atoms with E-state index in [2.05, 4.69) is 21.2 Å².